The monoisotopic (exact) mass is 305 g/mol. The van der Waals surface area contributed by atoms with Crippen LogP contribution in [0.1, 0.15) is 35.2 Å². The summed E-state index contributed by atoms with van der Waals surface area (Å²) >= 11 is 1.65. The third-order valence-corrected chi connectivity index (χ3v) is 4.47. The number of benzene rings is 1. The highest BCUT2D eigenvalue weighted by molar-refractivity contribution is 7.09. The molecule has 0 spiro atoms. The van der Waals surface area contributed by atoms with Gasteiger partial charge in [0.15, 0.2) is 0 Å². The first-order chi connectivity index (χ1) is 10.3. The summed E-state index contributed by atoms with van der Waals surface area (Å²) in [5.41, 5.74) is 2.06. The van der Waals surface area contributed by atoms with E-state index in [9.17, 15) is 0 Å². The molecule has 0 radical (unpaired) electrons. The molecule has 3 rings (SSSR count). The van der Waals surface area contributed by atoms with Gasteiger partial charge in [0.05, 0.1) is 5.69 Å². The average Bonchev–Trinajstić information content (AvgIpc) is 3.18. The Morgan fingerprint density at radius 3 is 2.90 bits per heavy atom. The van der Waals surface area contributed by atoms with Crippen molar-refractivity contribution in [1.29, 1.82) is 0 Å². The van der Waals surface area contributed by atoms with Crippen LogP contribution < -0.4 is 4.74 Å². The second-order valence-corrected chi connectivity index (χ2v) is 5.97. The quantitative estimate of drug-likeness (QED) is 0.891. The van der Waals surface area contributed by atoms with Crippen LogP contribution in [0.3, 0.4) is 0 Å². The molecule has 4 nitrogen and oxygen atoms in total. The predicted octanol–water partition coefficient (Wildman–Crippen LogP) is 3.11. The Morgan fingerprint density at radius 1 is 1.33 bits per heavy atom. The minimum atomic E-state index is 0.172. The molecule has 1 saturated heterocycles. The zero-order valence-electron chi connectivity index (χ0n) is 11.8. The van der Waals surface area contributed by atoms with Gasteiger partial charge in [-0.3, -0.25) is 0 Å². The van der Waals surface area contributed by atoms with Crippen molar-refractivity contribution in [3.8, 4) is 5.75 Å². The fraction of sp³-hybridized carbons (Fsp3) is 0.438. The van der Waals surface area contributed by atoms with Crippen LogP contribution in [0, 0.1) is 0 Å². The summed E-state index contributed by atoms with van der Waals surface area (Å²) in [6, 6.07) is 7.81. The molecule has 0 saturated carbocycles. The van der Waals surface area contributed by atoms with Gasteiger partial charge in [-0.15, -0.1) is 11.3 Å². The van der Waals surface area contributed by atoms with E-state index in [-0.39, 0.29) is 12.7 Å². The van der Waals surface area contributed by atoms with Crippen molar-refractivity contribution in [3.63, 3.8) is 0 Å². The van der Waals surface area contributed by atoms with Gasteiger partial charge in [0.1, 0.15) is 23.5 Å². The lowest BCUT2D eigenvalue weighted by Gasteiger charge is -2.06. The van der Waals surface area contributed by atoms with Crippen LogP contribution in [0.5, 0.6) is 5.75 Å². The average molecular weight is 305 g/mol. The highest BCUT2D eigenvalue weighted by Crippen LogP contribution is 2.30. The Kier molecular flexibility index (Phi) is 4.85. The molecule has 21 heavy (non-hydrogen) atoms. The third kappa shape index (κ3) is 3.81. The van der Waals surface area contributed by atoms with E-state index in [0.717, 1.165) is 41.5 Å². The highest BCUT2D eigenvalue weighted by Gasteiger charge is 2.20. The second-order valence-electron chi connectivity index (χ2n) is 5.08. The molecule has 1 unspecified atom stereocenters. The summed E-state index contributed by atoms with van der Waals surface area (Å²) < 4.78 is 11.4. The van der Waals surface area contributed by atoms with Gasteiger partial charge >= 0.3 is 0 Å². The molecule has 1 aromatic heterocycles. The molecule has 0 amide bonds. The van der Waals surface area contributed by atoms with E-state index in [4.69, 9.17) is 14.6 Å². The summed E-state index contributed by atoms with van der Waals surface area (Å²) in [6.45, 7) is 1.49. The van der Waals surface area contributed by atoms with E-state index in [2.05, 4.69) is 4.98 Å². The van der Waals surface area contributed by atoms with Gasteiger partial charge in [-0.1, -0.05) is 12.1 Å². The van der Waals surface area contributed by atoms with Crippen LogP contribution in [0.2, 0.25) is 0 Å². The fourth-order valence-electron chi connectivity index (χ4n) is 2.35. The second kappa shape index (κ2) is 7.02. The normalized spacial score (nSPS) is 18.0. The SMILES string of the molecule is OCCc1ccc(OCc2csc(C3CCCO3)n2)cc1. The molecular formula is C16H19NO3S. The first kappa shape index (κ1) is 14.5. The summed E-state index contributed by atoms with van der Waals surface area (Å²) in [7, 11) is 0. The van der Waals surface area contributed by atoms with Crippen LogP contribution >= 0.6 is 11.3 Å². The fourth-order valence-corrected chi connectivity index (χ4v) is 3.23. The maximum Gasteiger partial charge on any atom is 0.131 e. The summed E-state index contributed by atoms with van der Waals surface area (Å²) in [4.78, 5) is 4.59. The van der Waals surface area contributed by atoms with Crippen molar-refractivity contribution in [1.82, 2.24) is 4.98 Å². The standard InChI is InChI=1S/C16H19NO3S/c18-8-7-12-3-5-14(6-4-12)20-10-13-11-21-16(17-13)15-2-1-9-19-15/h3-6,11,15,18H,1-2,7-10H2. The lowest BCUT2D eigenvalue weighted by atomic mass is 10.1. The summed E-state index contributed by atoms with van der Waals surface area (Å²) in [5.74, 6) is 0.823. The van der Waals surface area contributed by atoms with Crippen LogP contribution in [0.4, 0.5) is 0 Å². The van der Waals surface area contributed by atoms with E-state index in [0.29, 0.717) is 13.0 Å². The number of thiazole rings is 1. The molecule has 0 bridgehead atoms. The topological polar surface area (TPSA) is 51.6 Å². The molecule has 1 aliphatic heterocycles. The van der Waals surface area contributed by atoms with Gasteiger partial charge < -0.3 is 14.6 Å². The lowest BCUT2D eigenvalue weighted by Crippen LogP contribution is -1.99. The number of aromatic nitrogens is 1. The van der Waals surface area contributed by atoms with Crippen LogP contribution in [0.25, 0.3) is 0 Å². The van der Waals surface area contributed by atoms with Gasteiger partial charge in [-0.05, 0) is 37.0 Å². The highest BCUT2D eigenvalue weighted by atomic mass is 32.1. The largest absolute Gasteiger partial charge is 0.487 e. The molecule has 5 heteroatoms. The number of rotatable bonds is 6. The molecule has 0 aliphatic carbocycles. The van der Waals surface area contributed by atoms with Gasteiger partial charge in [-0.2, -0.15) is 0 Å². The van der Waals surface area contributed by atoms with Crippen LogP contribution in [-0.2, 0) is 17.8 Å². The van der Waals surface area contributed by atoms with Gasteiger partial charge in [0.25, 0.3) is 0 Å². The number of hydrogen-bond donors (Lipinski definition) is 1. The smallest absolute Gasteiger partial charge is 0.131 e. The number of aliphatic hydroxyl groups is 1. The molecule has 1 N–H and O–H groups in total. The lowest BCUT2D eigenvalue weighted by molar-refractivity contribution is 0.111. The van der Waals surface area contributed by atoms with Crippen molar-refractivity contribution < 1.29 is 14.6 Å². The Hall–Kier alpha value is -1.43. The molecule has 1 aliphatic rings. The van der Waals surface area contributed by atoms with E-state index >= 15 is 0 Å². The first-order valence-corrected chi connectivity index (χ1v) is 8.11. The molecular weight excluding hydrogens is 286 g/mol. The minimum Gasteiger partial charge on any atom is -0.487 e. The third-order valence-electron chi connectivity index (χ3n) is 3.49. The zero-order valence-corrected chi connectivity index (χ0v) is 12.6. The van der Waals surface area contributed by atoms with E-state index in [1.165, 1.54) is 0 Å². The molecule has 112 valence electrons. The number of aliphatic hydroxyl groups excluding tert-OH is 1. The van der Waals surface area contributed by atoms with Crippen LogP contribution in [0.15, 0.2) is 29.6 Å². The van der Waals surface area contributed by atoms with Crippen molar-refractivity contribution >= 4 is 11.3 Å². The Labute approximate surface area is 128 Å². The Balaban J connectivity index is 1.54. The maximum atomic E-state index is 8.88. The summed E-state index contributed by atoms with van der Waals surface area (Å²) in [5, 5.41) is 12.0. The van der Waals surface area contributed by atoms with Crippen molar-refractivity contribution in [2.24, 2.45) is 0 Å². The molecule has 1 fully saturated rings. The van der Waals surface area contributed by atoms with Gasteiger partial charge in [0.2, 0.25) is 0 Å². The number of hydrogen-bond acceptors (Lipinski definition) is 5. The summed E-state index contributed by atoms with van der Waals surface area (Å²) in [6.07, 6.45) is 3.05. The van der Waals surface area contributed by atoms with E-state index in [1.54, 1.807) is 11.3 Å². The van der Waals surface area contributed by atoms with Crippen LogP contribution in [-0.4, -0.2) is 23.3 Å². The van der Waals surface area contributed by atoms with Crippen molar-refractivity contribution in [2.45, 2.75) is 32.0 Å². The van der Waals surface area contributed by atoms with Crippen molar-refractivity contribution in [3.05, 3.63) is 45.9 Å². The van der Waals surface area contributed by atoms with E-state index < -0.39 is 0 Å². The first-order valence-electron chi connectivity index (χ1n) is 7.23. The number of ether oxygens (including phenoxy) is 2. The maximum absolute atomic E-state index is 8.88. The zero-order chi connectivity index (χ0) is 14.5. The molecule has 2 heterocycles. The van der Waals surface area contributed by atoms with Gasteiger partial charge in [0, 0.05) is 18.6 Å². The van der Waals surface area contributed by atoms with Gasteiger partial charge in [-0.25, -0.2) is 4.98 Å². The number of nitrogens with zero attached hydrogens (tertiary/aromatic N) is 1. The molecule has 2 aromatic rings. The predicted molar refractivity (Wildman–Crippen MR) is 81.6 cm³/mol. The van der Waals surface area contributed by atoms with E-state index in [1.807, 2.05) is 29.6 Å². The molecule has 1 atom stereocenters. The Bertz CT molecular complexity index is 561. The molecule has 1 aromatic carbocycles. The Morgan fingerprint density at radius 2 is 2.19 bits per heavy atom. The minimum absolute atomic E-state index is 0.172. The van der Waals surface area contributed by atoms with Crippen molar-refractivity contribution in [2.75, 3.05) is 13.2 Å².